The highest BCUT2D eigenvalue weighted by atomic mass is 35.5. The zero-order valence-corrected chi connectivity index (χ0v) is 8.37. The monoisotopic (exact) mass is 194 g/mol. The van der Waals surface area contributed by atoms with Gasteiger partial charge in [0.1, 0.15) is 0 Å². The highest BCUT2D eigenvalue weighted by Crippen LogP contribution is 2.30. The molecule has 0 unspecified atom stereocenters. The lowest BCUT2D eigenvalue weighted by Gasteiger charge is -2.14. The second-order valence-corrected chi connectivity index (χ2v) is 4.18. The number of rotatable bonds is 4. The third kappa shape index (κ3) is 3.21. The molecular formula is C9H16Cl2. The summed E-state index contributed by atoms with van der Waals surface area (Å²) in [6, 6.07) is 0. The summed E-state index contributed by atoms with van der Waals surface area (Å²) in [6.45, 7) is 0. The van der Waals surface area contributed by atoms with Gasteiger partial charge < -0.3 is 0 Å². The Balaban J connectivity index is 2.16. The molecule has 0 nitrogen and oxygen atoms in total. The van der Waals surface area contributed by atoms with E-state index in [1.165, 1.54) is 32.1 Å². The van der Waals surface area contributed by atoms with Gasteiger partial charge in [-0.1, -0.05) is 25.7 Å². The molecule has 1 saturated carbocycles. The summed E-state index contributed by atoms with van der Waals surface area (Å²) in [5.74, 6) is 2.96. The van der Waals surface area contributed by atoms with Gasteiger partial charge in [-0.15, -0.1) is 23.2 Å². The van der Waals surface area contributed by atoms with Crippen LogP contribution < -0.4 is 0 Å². The third-order valence-corrected chi connectivity index (χ3v) is 3.45. The minimum absolute atomic E-state index is 0.557. The van der Waals surface area contributed by atoms with Gasteiger partial charge in [-0.05, 0) is 18.3 Å². The molecular weight excluding hydrogens is 179 g/mol. The normalized spacial score (nSPS) is 19.9. The van der Waals surface area contributed by atoms with Gasteiger partial charge in [0.15, 0.2) is 0 Å². The molecule has 0 N–H and O–H groups in total. The Morgan fingerprint density at radius 3 is 2.09 bits per heavy atom. The molecule has 11 heavy (non-hydrogen) atoms. The van der Waals surface area contributed by atoms with Crippen LogP contribution in [0.1, 0.15) is 32.1 Å². The molecule has 0 radical (unpaired) electrons. The first-order valence-electron chi connectivity index (χ1n) is 4.48. The predicted molar refractivity (Wildman–Crippen MR) is 51.5 cm³/mol. The molecule has 1 aliphatic rings. The Hall–Kier alpha value is 0.580. The molecule has 0 aromatic rings. The molecule has 0 spiro atoms. The molecule has 0 bridgehead atoms. The van der Waals surface area contributed by atoms with E-state index in [-0.39, 0.29) is 0 Å². The summed E-state index contributed by atoms with van der Waals surface area (Å²) in [5.41, 5.74) is 0. The average molecular weight is 195 g/mol. The first-order valence-corrected chi connectivity index (χ1v) is 5.55. The average Bonchev–Trinajstić information content (AvgIpc) is 2.52. The molecule has 2 heteroatoms. The molecule has 0 saturated heterocycles. The highest BCUT2D eigenvalue weighted by Gasteiger charge is 2.18. The summed E-state index contributed by atoms with van der Waals surface area (Å²) in [7, 11) is 0. The molecule has 1 aliphatic carbocycles. The standard InChI is InChI=1S/C9H16Cl2/c10-6-9(7-11)5-8-3-1-2-4-8/h8-9H,1-7H2. The van der Waals surface area contributed by atoms with Crippen LogP contribution in [0.2, 0.25) is 0 Å². The van der Waals surface area contributed by atoms with Crippen LogP contribution >= 0.6 is 23.2 Å². The van der Waals surface area contributed by atoms with E-state index in [9.17, 15) is 0 Å². The van der Waals surface area contributed by atoms with Crippen molar-refractivity contribution in [3.63, 3.8) is 0 Å². The van der Waals surface area contributed by atoms with Gasteiger partial charge in [0.2, 0.25) is 0 Å². The highest BCUT2D eigenvalue weighted by molar-refractivity contribution is 6.20. The lowest BCUT2D eigenvalue weighted by molar-refractivity contribution is 0.425. The zero-order chi connectivity index (χ0) is 8.10. The first kappa shape index (κ1) is 9.67. The van der Waals surface area contributed by atoms with Gasteiger partial charge in [0.05, 0.1) is 0 Å². The van der Waals surface area contributed by atoms with E-state index >= 15 is 0 Å². The van der Waals surface area contributed by atoms with Crippen LogP contribution in [0.15, 0.2) is 0 Å². The van der Waals surface area contributed by atoms with Crippen LogP contribution in [0, 0.1) is 11.8 Å². The van der Waals surface area contributed by atoms with Crippen LogP contribution in [0.5, 0.6) is 0 Å². The largest absolute Gasteiger partial charge is 0.126 e. The van der Waals surface area contributed by atoms with E-state index in [2.05, 4.69) is 0 Å². The lowest BCUT2D eigenvalue weighted by Crippen LogP contribution is -2.09. The smallest absolute Gasteiger partial charge is 0.0263 e. The van der Waals surface area contributed by atoms with Crippen molar-refractivity contribution >= 4 is 23.2 Å². The van der Waals surface area contributed by atoms with Gasteiger partial charge in [-0.25, -0.2) is 0 Å². The van der Waals surface area contributed by atoms with Gasteiger partial charge in [-0.3, -0.25) is 0 Å². The Bertz CT molecular complexity index is 93.7. The van der Waals surface area contributed by atoms with Gasteiger partial charge in [0, 0.05) is 11.8 Å². The molecule has 0 heterocycles. The van der Waals surface area contributed by atoms with Crippen molar-refractivity contribution in [1.29, 1.82) is 0 Å². The molecule has 0 atom stereocenters. The summed E-state index contributed by atoms with van der Waals surface area (Å²) >= 11 is 11.5. The van der Waals surface area contributed by atoms with Crippen molar-refractivity contribution in [2.24, 2.45) is 11.8 Å². The van der Waals surface area contributed by atoms with E-state index in [1.54, 1.807) is 0 Å². The van der Waals surface area contributed by atoms with E-state index in [0.717, 1.165) is 17.7 Å². The van der Waals surface area contributed by atoms with Crippen LogP contribution in [0.4, 0.5) is 0 Å². The van der Waals surface area contributed by atoms with E-state index in [4.69, 9.17) is 23.2 Å². The fourth-order valence-corrected chi connectivity index (χ4v) is 2.47. The fourth-order valence-electron chi connectivity index (χ4n) is 1.88. The van der Waals surface area contributed by atoms with Crippen LogP contribution in [-0.4, -0.2) is 11.8 Å². The Labute approximate surface area is 79.3 Å². The summed E-state index contributed by atoms with van der Waals surface area (Å²) in [4.78, 5) is 0. The number of alkyl halides is 2. The van der Waals surface area contributed by atoms with Crippen LogP contribution in [0.25, 0.3) is 0 Å². The SMILES string of the molecule is ClCC(CCl)CC1CCCC1. The molecule has 0 aromatic carbocycles. The van der Waals surface area contributed by atoms with E-state index in [1.807, 2.05) is 0 Å². The Kier molecular flexibility index (Phi) is 4.63. The van der Waals surface area contributed by atoms with Crippen molar-refractivity contribution in [2.45, 2.75) is 32.1 Å². The molecule has 0 aliphatic heterocycles. The van der Waals surface area contributed by atoms with Crippen LogP contribution in [0.3, 0.4) is 0 Å². The number of hydrogen-bond acceptors (Lipinski definition) is 0. The topological polar surface area (TPSA) is 0 Å². The lowest BCUT2D eigenvalue weighted by atomic mass is 9.96. The maximum absolute atomic E-state index is 5.76. The van der Waals surface area contributed by atoms with Crippen molar-refractivity contribution in [3.05, 3.63) is 0 Å². The second kappa shape index (κ2) is 5.27. The van der Waals surface area contributed by atoms with Gasteiger partial charge in [-0.2, -0.15) is 0 Å². The van der Waals surface area contributed by atoms with E-state index in [0.29, 0.717) is 5.92 Å². The maximum atomic E-state index is 5.76. The summed E-state index contributed by atoms with van der Waals surface area (Å²) in [5, 5.41) is 0. The summed E-state index contributed by atoms with van der Waals surface area (Å²) < 4.78 is 0. The van der Waals surface area contributed by atoms with Crippen molar-refractivity contribution < 1.29 is 0 Å². The van der Waals surface area contributed by atoms with Gasteiger partial charge in [0.25, 0.3) is 0 Å². The minimum atomic E-state index is 0.557. The molecule has 66 valence electrons. The minimum Gasteiger partial charge on any atom is -0.126 e. The second-order valence-electron chi connectivity index (χ2n) is 3.56. The molecule has 1 fully saturated rings. The molecule has 0 amide bonds. The molecule has 1 rings (SSSR count). The number of halogens is 2. The van der Waals surface area contributed by atoms with Crippen molar-refractivity contribution in [2.75, 3.05) is 11.8 Å². The number of hydrogen-bond donors (Lipinski definition) is 0. The Morgan fingerprint density at radius 2 is 1.64 bits per heavy atom. The first-order chi connectivity index (χ1) is 5.36. The van der Waals surface area contributed by atoms with Crippen LogP contribution in [-0.2, 0) is 0 Å². The van der Waals surface area contributed by atoms with Crippen molar-refractivity contribution in [1.82, 2.24) is 0 Å². The zero-order valence-electron chi connectivity index (χ0n) is 6.86. The van der Waals surface area contributed by atoms with Crippen molar-refractivity contribution in [3.8, 4) is 0 Å². The maximum Gasteiger partial charge on any atom is 0.0263 e. The Morgan fingerprint density at radius 1 is 1.09 bits per heavy atom. The summed E-state index contributed by atoms with van der Waals surface area (Å²) in [6.07, 6.45) is 6.91. The molecule has 0 aromatic heterocycles. The fraction of sp³-hybridized carbons (Fsp3) is 1.00. The van der Waals surface area contributed by atoms with E-state index < -0.39 is 0 Å². The predicted octanol–water partition coefficient (Wildman–Crippen LogP) is 3.66. The third-order valence-electron chi connectivity index (χ3n) is 2.58. The quantitative estimate of drug-likeness (QED) is 0.600. The van der Waals surface area contributed by atoms with Gasteiger partial charge >= 0.3 is 0 Å².